The molecule has 0 bridgehead atoms. The van der Waals surface area contributed by atoms with Gasteiger partial charge < -0.3 is 15.2 Å². The van der Waals surface area contributed by atoms with E-state index in [1.807, 2.05) is 6.07 Å². The van der Waals surface area contributed by atoms with Crippen LogP contribution in [0.2, 0.25) is 5.02 Å². The summed E-state index contributed by atoms with van der Waals surface area (Å²) >= 11 is 5.95. The predicted molar refractivity (Wildman–Crippen MR) is 140 cm³/mol. The third-order valence-electron chi connectivity index (χ3n) is 5.84. The molecule has 3 aromatic rings. The van der Waals surface area contributed by atoms with E-state index in [2.05, 4.69) is 29.6 Å². The lowest BCUT2D eigenvalue weighted by molar-refractivity contribution is 0.0953. The minimum atomic E-state index is -0.515. The summed E-state index contributed by atoms with van der Waals surface area (Å²) < 4.78 is 19.2. The van der Waals surface area contributed by atoms with Gasteiger partial charge in [-0.2, -0.15) is 0 Å². The average molecular weight is 498 g/mol. The zero-order chi connectivity index (χ0) is 24.9. The second-order valence-electron chi connectivity index (χ2n) is 8.52. The summed E-state index contributed by atoms with van der Waals surface area (Å²) in [4.78, 5) is 12.7. The van der Waals surface area contributed by atoms with E-state index in [1.54, 1.807) is 24.3 Å². The van der Waals surface area contributed by atoms with Gasteiger partial charge in [-0.1, -0.05) is 73.7 Å². The molecule has 3 rings (SSSR count). The van der Waals surface area contributed by atoms with E-state index in [1.165, 1.54) is 37.0 Å². The Hall–Kier alpha value is -2.89. The Bertz CT molecular complexity index is 1070. The maximum Gasteiger partial charge on any atom is 0.251 e. The van der Waals surface area contributed by atoms with E-state index in [0.717, 1.165) is 25.7 Å². The van der Waals surface area contributed by atoms with Gasteiger partial charge >= 0.3 is 0 Å². The Morgan fingerprint density at radius 1 is 0.914 bits per heavy atom. The molecule has 0 aliphatic heterocycles. The van der Waals surface area contributed by atoms with Gasteiger partial charge in [0.15, 0.2) is 0 Å². The first kappa shape index (κ1) is 26.7. The molecule has 0 heterocycles. The number of benzene rings is 3. The van der Waals surface area contributed by atoms with Crippen LogP contribution < -0.4 is 10.1 Å². The molecule has 0 saturated heterocycles. The number of hydrogen-bond donors (Lipinski definition) is 2. The molecule has 0 aliphatic carbocycles. The summed E-state index contributed by atoms with van der Waals surface area (Å²) in [6, 6.07) is 20.0. The quantitative estimate of drug-likeness (QED) is 0.240. The number of rotatable bonds is 14. The maximum atomic E-state index is 13.6. The molecule has 0 fully saturated rings. The molecule has 4 nitrogen and oxygen atoms in total. The third-order valence-corrected chi connectivity index (χ3v) is 6.13. The zero-order valence-electron chi connectivity index (χ0n) is 19.9. The number of carbonyl (C=O) groups excluding carboxylic acids is 1. The smallest absolute Gasteiger partial charge is 0.251 e. The highest BCUT2D eigenvalue weighted by molar-refractivity contribution is 6.31. The lowest BCUT2D eigenvalue weighted by Crippen LogP contribution is -2.24. The molecule has 35 heavy (non-hydrogen) atoms. The van der Waals surface area contributed by atoms with Crippen molar-refractivity contribution in [1.82, 2.24) is 5.32 Å². The number of nitrogens with one attached hydrogen (secondary N) is 1. The molecule has 2 N–H and O–H groups in total. The van der Waals surface area contributed by atoms with Crippen LogP contribution in [-0.4, -0.2) is 30.8 Å². The van der Waals surface area contributed by atoms with Gasteiger partial charge in [0, 0.05) is 17.7 Å². The summed E-state index contributed by atoms with van der Waals surface area (Å²) in [5.41, 5.74) is 3.13. The largest absolute Gasteiger partial charge is 0.491 e. The maximum absolute atomic E-state index is 13.6. The van der Waals surface area contributed by atoms with Crippen molar-refractivity contribution in [3.63, 3.8) is 0 Å². The molecule has 0 radical (unpaired) electrons. The lowest BCUT2D eigenvalue weighted by Gasteiger charge is -2.14. The molecular formula is C29H33ClFNO3. The zero-order valence-corrected chi connectivity index (χ0v) is 20.7. The molecule has 0 saturated carbocycles. The highest BCUT2D eigenvalue weighted by Gasteiger charge is 2.13. The molecule has 6 heteroatoms. The van der Waals surface area contributed by atoms with Crippen LogP contribution in [0.15, 0.2) is 66.7 Å². The molecule has 0 spiro atoms. The van der Waals surface area contributed by atoms with Crippen LogP contribution in [0.4, 0.5) is 4.39 Å². The van der Waals surface area contributed by atoms with Crippen LogP contribution >= 0.6 is 11.6 Å². The second-order valence-corrected chi connectivity index (χ2v) is 8.93. The van der Waals surface area contributed by atoms with E-state index < -0.39 is 5.82 Å². The summed E-state index contributed by atoms with van der Waals surface area (Å²) in [5.74, 6) is -0.195. The SMILES string of the molecule is O=C(NCCCCCCCCc1ccccc1)c1ccc(OCCO)c(-c2ccc(F)c(Cl)c2)c1. The van der Waals surface area contributed by atoms with Crippen LogP contribution in [0.5, 0.6) is 5.75 Å². The molecule has 0 aliphatic rings. The molecule has 3 aromatic carbocycles. The highest BCUT2D eigenvalue weighted by Crippen LogP contribution is 2.33. The molecule has 186 valence electrons. The number of unbranched alkanes of at least 4 members (excludes halogenated alkanes) is 5. The Labute approximate surface area is 212 Å². The fourth-order valence-corrected chi connectivity index (χ4v) is 4.13. The van der Waals surface area contributed by atoms with Gasteiger partial charge in [-0.15, -0.1) is 0 Å². The topological polar surface area (TPSA) is 58.6 Å². The van der Waals surface area contributed by atoms with Gasteiger partial charge in [0.25, 0.3) is 5.91 Å². The van der Waals surface area contributed by atoms with E-state index in [4.69, 9.17) is 21.4 Å². The summed E-state index contributed by atoms with van der Waals surface area (Å²) in [5, 5.41) is 12.1. The number of amides is 1. The first-order chi connectivity index (χ1) is 17.1. The van der Waals surface area contributed by atoms with Crippen molar-refractivity contribution in [1.29, 1.82) is 0 Å². The number of halogens is 2. The van der Waals surface area contributed by atoms with Crippen molar-refractivity contribution < 1.29 is 19.0 Å². The van der Waals surface area contributed by atoms with Crippen molar-refractivity contribution in [2.45, 2.75) is 44.9 Å². The number of carbonyl (C=O) groups is 1. The molecular weight excluding hydrogens is 465 g/mol. The molecule has 1 amide bonds. The molecule has 0 aromatic heterocycles. The van der Waals surface area contributed by atoms with Crippen LogP contribution in [0, 0.1) is 5.82 Å². The molecule has 0 unspecified atom stereocenters. The highest BCUT2D eigenvalue weighted by atomic mass is 35.5. The van der Waals surface area contributed by atoms with Gasteiger partial charge in [-0.05, 0) is 60.7 Å². The van der Waals surface area contributed by atoms with E-state index in [9.17, 15) is 9.18 Å². The Balaban J connectivity index is 1.45. The van der Waals surface area contributed by atoms with E-state index in [0.29, 0.717) is 29.0 Å². The fraction of sp³-hybridized carbons (Fsp3) is 0.345. The molecule has 0 atom stereocenters. The summed E-state index contributed by atoms with van der Waals surface area (Å²) in [6.07, 6.45) is 7.95. The first-order valence-corrected chi connectivity index (χ1v) is 12.6. The number of aryl methyl sites for hydroxylation is 1. The van der Waals surface area contributed by atoms with E-state index >= 15 is 0 Å². The fourth-order valence-electron chi connectivity index (χ4n) is 3.95. The van der Waals surface area contributed by atoms with Crippen LogP contribution in [0.1, 0.15) is 54.4 Å². The predicted octanol–water partition coefficient (Wildman–Crippen LogP) is 6.83. The Kier molecular flexibility index (Phi) is 11.1. The minimum Gasteiger partial charge on any atom is -0.491 e. The van der Waals surface area contributed by atoms with E-state index in [-0.39, 0.29) is 24.1 Å². The number of hydrogen-bond acceptors (Lipinski definition) is 3. The van der Waals surface area contributed by atoms with Gasteiger partial charge in [0.1, 0.15) is 18.2 Å². The van der Waals surface area contributed by atoms with Gasteiger partial charge in [-0.25, -0.2) is 4.39 Å². The van der Waals surface area contributed by atoms with Crippen LogP contribution in [0.25, 0.3) is 11.1 Å². The van der Waals surface area contributed by atoms with Gasteiger partial charge in [0.05, 0.1) is 11.6 Å². The van der Waals surface area contributed by atoms with Crippen LogP contribution in [-0.2, 0) is 6.42 Å². The number of aliphatic hydroxyl groups excluding tert-OH is 1. The Morgan fingerprint density at radius 3 is 2.40 bits per heavy atom. The summed E-state index contributed by atoms with van der Waals surface area (Å²) in [7, 11) is 0. The third kappa shape index (κ3) is 8.68. The first-order valence-electron chi connectivity index (χ1n) is 12.2. The second kappa shape index (κ2) is 14.5. The number of ether oxygens (including phenoxy) is 1. The van der Waals surface area contributed by atoms with Crippen LogP contribution in [0.3, 0.4) is 0 Å². The number of aliphatic hydroxyl groups is 1. The summed E-state index contributed by atoms with van der Waals surface area (Å²) in [6.45, 7) is 0.585. The Morgan fingerprint density at radius 2 is 1.66 bits per heavy atom. The van der Waals surface area contributed by atoms with Crippen molar-refractivity contribution in [2.75, 3.05) is 19.8 Å². The normalized spacial score (nSPS) is 10.8. The van der Waals surface area contributed by atoms with Gasteiger partial charge in [-0.3, -0.25) is 4.79 Å². The van der Waals surface area contributed by atoms with Gasteiger partial charge in [0.2, 0.25) is 0 Å². The average Bonchev–Trinajstić information content (AvgIpc) is 2.88. The van der Waals surface area contributed by atoms with Crippen molar-refractivity contribution in [2.24, 2.45) is 0 Å². The van der Waals surface area contributed by atoms with Crippen molar-refractivity contribution in [3.8, 4) is 16.9 Å². The monoisotopic (exact) mass is 497 g/mol. The minimum absolute atomic E-state index is 0.00877. The standard InChI is InChI=1S/C29H33ClFNO3/c30-26-21-23(13-15-27(26)31)25-20-24(14-16-28(25)35-19-18-33)29(34)32-17-9-4-2-1-3-6-10-22-11-7-5-8-12-22/h5,7-8,11-16,20-21,33H,1-4,6,9-10,17-19H2,(H,32,34). The lowest BCUT2D eigenvalue weighted by atomic mass is 10.0. The van der Waals surface area contributed by atoms with Crippen molar-refractivity contribution >= 4 is 17.5 Å². The van der Waals surface area contributed by atoms with Crippen molar-refractivity contribution in [3.05, 3.63) is 88.7 Å².